The van der Waals surface area contributed by atoms with Crippen LogP contribution in [0, 0.1) is 23.2 Å². The Morgan fingerprint density at radius 1 is 1.62 bits per heavy atom. The van der Waals surface area contributed by atoms with Crippen molar-refractivity contribution in [3.63, 3.8) is 0 Å². The van der Waals surface area contributed by atoms with Gasteiger partial charge in [0, 0.05) is 29.7 Å². The predicted molar refractivity (Wildman–Crippen MR) is 85.2 cm³/mol. The largest absolute Gasteiger partial charge is 0.481 e. The van der Waals surface area contributed by atoms with E-state index >= 15 is 0 Å². The molecule has 1 aromatic carbocycles. The molecule has 1 fully saturated rings. The van der Waals surface area contributed by atoms with Crippen LogP contribution in [0.1, 0.15) is 31.7 Å². The molecule has 0 aromatic heterocycles. The number of rotatable bonds is 4. The number of nitrogens with zero attached hydrogens (tertiary/aromatic N) is 2. The van der Waals surface area contributed by atoms with Crippen LogP contribution in [0.25, 0.3) is 0 Å². The topological polar surface area (TPSA) is 64.3 Å². The van der Waals surface area contributed by atoms with Crippen LogP contribution in [0.2, 0.25) is 0 Å². The average Bonchev–Trinajstić information content (AvgIpc) is 2.46. The van der Waals surface area contributed by atoms with E-state index in [-0.39, 0.29) is 12.3 Å². The van der Waals surface area contributed by atoms with Crippen molar-refractivity contribution in [3.05, 3.63) is 28.2 Å². The maximum Gasteiger partial charge on any atom is 0.303 e. The number of halogens is 1. The maximum absolute atomic E-state index is 10.9. The van der Waals surface area contributed by atoms with Crippen LogP contribution in [0.3, 0.4) is 0 Å². The van der Waals surface area contributed by atoms with Gasteiger partial charge in [0.1, 0.15) is 6.07 Å². The summed E-state index contributed by atoms with van der Waals surface area (Å²) < 4.78 is 0.809. The fourth-order valence-electron chi connectivity index (χ4n) is 2.94. The molecule has 21 heavy (non-hydrogen) atoms. The number of nitriles is 1. The zero-order valence-corrected chi connectivity index (χ0v) is 13.6. The quantitative estimate of drug-likeness (QED) is 0.899. The first-order valence-electron chi connectivity index (χ1n) is 7.17. The third-order valence-corrected chi connectivity index (χ3v) is 4.85. The number of anilines is 1. The first kappa shape index (κ1) is 15.8. The molecule has 1 aromatic rings. The van der Waals surface area contributed by atoms with Crippen LogP contribution >= 0.6 is 15.9 Å². The minimum Gasteiger partial charge on any atom is -0.481 e. The van der Waals surface area contributed by atoms with Crippen molar-refractivity contribution in [2.75, 3.05) is 18.0 Å². The summed E-state index contributed by atoms with van der Waals surface area (Å²) in [6.45, 7) is 3.89. The summed E-state index contributed by atoms with van der Waals surface area (Å²) in [7, 11) is 0. The number of carboxylic acid groups (broad SMARTS) is 1. The highest BCUT2D eigenvalue weighted by atomic mass is 79.9. The summed E-state index contributed by atoms with van der Waals surface area (Å²) in [6.07, 6.45) is 2.39. The molecule has 0 saturated carbocycles. The Labute approximate surface area is 133 Å². The molecule has 0 spiro atoms. The van der Waals surface area contributed by atoms with Crippen molar-refractivity contribution in [1.82, 2.24) is 0 Å². The summed E-state index contributed by atoms with van der Waals surface area (Å²) in [4.78, 5) is 13.2. The van der Waals surface area contributed by atoms with E-state index in [1.54, 1.807) is 0 Å². The SMILES string of the molecule is CC(CC(=O)O)C1CCCN(c2ccc(C#N)c(Br)c2)C1. The standard InChI is InChI=1S/C16H19BrN2O2/c1-11(7-16(20)21)13-3-2-6-19(10-13)14-5-4-12(9-18)15(17)8-14/h4-5,8,11,13H,2-3,6-7,10H2,1H3,(H,20,21). The monoisotopic (exact) mass is 350 g/mol. The van der Waals surface area contributed by atoms with E-state index < -0.39 is 5.97 Å². The predicted octanol–water partition coefficient (Wildman–Crippen LogP) is 3.65. The molecule has 4 nitrogen and oxygen atoms in total. The van der Waals surface area contributed by atoms with Crippen molar-refractivity contribution < 1.29 is 9.90 Å². The Bertz CT molecular complexity index is 568. The number of aliphatic carboxylic acids is 1. The van der Waals surface area contributed by atoms with Crippen molar-refractivity contribution in [2.24, 2.45) is 11.8 Å². The zero-order valence-electron chi connectivity index (χ0n) is 12.1. The zero-order chi connectivity index (χ0) is 15.4. The van der Waals surface area contributed by atoms with Crippen LogP contribution in [0.5, 0.6) is 0 Å². The molecule has 1 aliphatic heterocycles. The average molecular weight is 351 g/mol. The van der Waals surface area contributed by atoms with Gasteiger partial charge in [0.25, 0.3) is 0 Å². The van der Waals surface area contributed by atoms with E-state index in [2.05, 4.69) is 26.9 Å². The second-order valence-electron chi connectivity index (χ2n) is 5.70. The summed E-state index contributed by atoms with van der Waals surface area (Å²) in [5.74, 6) is -0.128. The Kier molecular flexibility index (Phi) is 5.24. The molecule has 0 bridgehead atoms. The third-order valence-electron chi connectivity index (χ3n) is 4.20. The van der Waals surface area contributed by atoms with E-state index in [0.717, 1.165) is 36.1 Å². The number of piperidine rings is 1. The Hall–Kier alpha value is -1.54. The third kappa shape index (κ3) is 3.98. The number of benzene rings is 1. The lowest BCUT2D eigenvalue weighted by Gasteiger charge is -2.37. The summed E-state index contributed by atoms with van der Waals surface area (Å²) in [6, 6.07) is 7.91. The van der Waals surface area contributed by atoms with Gasteiger partial charge in [0.15, 0.2) is 0 Å². The van der Waals surface area contributed by atoms with Crippen molar-refractivity contribution in [3.8, 4) is 6.07 Å². The van der Waals surface area contributed by atoms with Gasteiger partial charge in [-0.1, -0.05) is 6.92 Å². The summed E-state index contributed by atoms with van der Waals surface area (Å²) in [5.41, 5.74) is 1.72. The minimum atomic E-state index is -0.722. The molecular weight excluding hydrogens is 332 g/mol. The van der Waals surface area contributed by atoms with E-state index in [0.29, 0.717) is 11.5 Å². The fraction of sp³-hybridized carbons (Fsp3) is 0.500. The fourth-order valence-corrected chi connectivity index (χ4v) is 3.40. The Morgan fingerprint density at radius 2 is 2.38 bits per heavy atom. The molecule has 1 heterocycles. The van der Waals surface area contributed by atoms with Crippen LogP contribution < -0.4 is 4.90 Å². The molecule has 2 atom stereocenters. The summed E-state index contributed by atoms with van der Waals surface area (Å²) in [5, 5.41) is 17.9. The lowest BCUT2D eigenvalue weighted by molar-refractivity contribution is -0.138. The van der Waals surface area contributed by atoms with E-state index in [1.807, 2.05) is 25.1 Å². The van der Waals surface area contributed by atoms with Crippen LogP contribution in [0.4, 0.5) is 5.69 Å². The lowest BCUT2D eigenvalue weighted by atomic mass is 9.84. The van der Waals surface area contributed by atoms with Gasteiger partial charge in [-0.15, -0.1) is 0 Å². The smallest absolute Gasteiger partial charge is 0.303 e. The van der Waals surface area contributed by atoms with Crippen LogP contribution in [-0.2, 0) is 4.79 Å². The van der Waals surface area contributed by atoms with Crippen molar-refractivity contribution in [1.29, 1.82) is 5.26 Å². The molecule has 2 rings (SSSR count). The molecule has 1 aliphatic rings. The highest BCUT2D eigenvalue weighted by molar-refractivity contribution is 9.10. The first-order valence-corrected chi connectivity index (χ1v) is 7.97. The molecule has 112 valence electrons. The van der Waals surface area contributed by atoms with Gasteiger partial charge in [0.05, 0.1) is 5.56 Å². The van der Waals surface area contributed by atoms with E-state index in [9.17, 15) is 4.79 Å². The van der Waals surface area contributed by atoms with E-state index in [1.165, 1.54) is 0 Å². The van der Waals surface area contributed by atoms with Crippen LogP contribution in [0.15, 0.2) is 22.7 Å². The molecule has 0 aliphatic carbocycles. The molecule has 0 radical (unpaired) electrons. The van der Waals surface area contributed by atoms with Gasteiger partial charge in [0.2, 0.25) is 0 Å². The normalized spacial score (nSPS) is 19.9. The van der Waals surface area contributed by atoms with E-state index in [4.69, 9.17) is 10.4 Å². The van der Waals surface area contributed by atoms with Gasteiger partial charge < -0.3 is 10.0 Å². The number of hydrogen-bond donors (Lipinski definition) is 1. The minimum absolute atomic E-state index is 0.187. The molecule has 1 saturated heterocycles. The second-order valence-corrected chi connectivity index (χ2v) is 6.55. The Morgan fingerprint density at radius 3 is 3.00 bits per heavy atom. The van der Waals surface area contributed by atoms with Gasteiger partial charge in [-0.3, -0.25) is 4.79 Å². The summed E-state index contributed by atoms with van der Waals surface area (Å²) >= 11 is 3.42. The number of carboxylic acids is 1. The second kappa shape index (κ2) is 6.95. The number of hydrogen-bond acceptors (Lipinski definition) is 3. The van der Waals surface area contributed by atoms with Gasteiger partial charge in [-0.2, -0.15) is 5.26 Å². The van der Waals surface area contributed by atoms with Gasteiger partial charge in [-0.05, 0) is 58.8 Å². The molecular formula is C16H19BrN2O2. The van der Waals surface area contributed by atoms with Gasteiger partial charge in [-0.25, -0.2) is 0 Å². The van der Waals surface area contributed by atoms with Crippen molar-refractivity contribution >= 4 is 27.6 Å². The number of carbonyl (C=O) groups is 1. The lowest BCUT2D eigenvalue weighted by Crippen LogP contribution is -2.38. The maximum atomic E-state index is 10.9. The molecule has 0 amide bonds. The van der Waals surface area contributed by atoms with Gasteiger partial charge >= 0.3 is 5.97 Å². The molecule has 1 N–H and O–H groups in total. The van der Waals surface area contributed by atoms with Crippen LogP contribution in [-0.4, -0.2) is 24.2 Å². The highest BCUT2D eigenvalue weighted by Crippen LogP contribution is 2.31. The van der Waals surface area contributed by atoms with Crippen molar-refractivity contribution in [2.45, 2.75) is 26.2 Å². The Balaban J connectivity index is 2.09. The first-order chi connectivity index (χ1) is 10.0. The highest BCUT2D eigenvalue weighted by Gasteiger charge is 2.26. The molecule has 2 unspecified atom stereocenters. The molecule has 5 heteroatoms.